The third-order valence-corrected chi connectivity index (χ3v) is 7.01. The number of halogens is 2. The average Bonchev–Trinajstić information content (AvgIpc) is 3.19. The maximum absolute atomic E-state index is 13.2. The van der Waals surface area contributed by atoms with Gasteiger partial charge >= 0.3 is 6.09 Å². The van der Waals surface area contributed by atoms with E-state index in [1.165, 1.54) is 11.9 Å². The van der Waals surface area contributed by atoms with Crippen LogP contribution >= 0.6 is 23.2 Å². The molecular formula is C21H27Cl2N3O4. The lowest BCUT2D eigenvalue weighted by Crippen LogP contribution is -2.45. The van der Waals surface area contributed by atoms with E-state index < -0.39 is 6.09 Å². The highest BCUT2D eigenvalue weighted by molar-refractivity contribution is 6.42. The summed E-state index contributed by atoms with van der Waals surface area (Å²) in [6.45, 7) is 3.77. The molecule has 0 saturated carbocycles. The lowest BCUT2D eigenvalue weighted by Gasteiger charge is -2.33. The molecule has 1 aromatic carbocycles. The predicted octanol–water partition coefficient (Wildman–Crippen LogP) is 3.55. The smallest absolute Gasteiger partial charge is 0.407 e. The van der Waals surface area contributed by atoms with Crippen molar-refractivity contribution in [1.29, 1.82) is 0 Å². The lowest BCUT2D eigenvalue weighted by atomic mass is 9.93. The zero-order chi connectivity index (χ0) is 22.0. The number of amides is 3. The molecule has 30 heavy (non-hydrogen) atoms. The van der Waals surface area contributed by atoms with Crippen LogP contribution in [-0.2, 0) is 9.59 Å². The normalized spacial score (nSPS) is 22.3. The van der Waals surface area contributed by atoms with Gasteiger partial charge in [-0.05, 0) is 30.5 Å². The van der Waals surface area contributed by atoms with E-state index in [2.05, 4.69) is 0 Å². The second-order valence-electron chi connectivity index (χ2n) is 7.99. The second kappa shape index (κ2) is 9.43. The summed E-state index contributed by atoms with van der Waals surface area (Å²) in [5, 5.41) is 10.4. The summed E-state index contributed by atoms with van der Waals surface area (Å²) in [5.41, 5.74) is 0.862. The summed E-state index contributed by atoms with van der Waals surface area (Å²) < 4.78 is 0. The molecule has 0 unspecified atom stereocenters. The van der Waals surface area contributed by atoms with E-state index in [-0.39, 0.29) is 29.7 Å². The summed E-state index contributed by atoms with van der Waals surface area (Å²) in [5.74, 6) is -0.185. The van der Waals surface area contributed by atoms with Crippen molar-refractivity contribution in [2.45, 2.75) is 38.1 Å². The zero-order valence-corrected chi connectivity index (χ0v) is 18.7. The number of hydrogen-bond donors (Lipinski definition) is 1. The maximum Gasteiger partial charge on any atom is 0.407 e. The van der Waals surface area contributed by atoms with Crippen LogP contribution in [0, 0.1) is 5.92 Å². The Morgan fingerprint density at radius 3 is 2.33 bits per heavy atom. The Hall–Kier alpha value is -1.99. The number of carbonyl (C=O) groups excluding carboxylic acids is 2. The van der Waals surface area contributed by atoms with Crippen LogP contribution in [-0.4, -0.2) is 77.0 Å². The van der Waals surface area contributed by atoms with Gasteiger partial charge in [0.25, 0.3) is 0 Å². The Morgan fingerprint density at radius 2 is 1.77 bits per heavy atom. The molecule has 0 aliphatic carbocycles. The van der Waals surface area contributed by atoms with Gasteiger partial charge in [-0.25, -0.2) is 4.79 Å². The number of piperidine rings is 1. The summed E-state index contributed by atoms with van der Waals surface area (Å²) in [7, 11) is 1.53. The Bertz CT molecular complexity index is 826. The number of likely N-dealkylation sites (tertiary alicyclic amines) is 2. The van der Waals surface area contributed by atoms with Crippen molar-refractivity contribution >= 4 is 41.1 Å². The van der Waals surface area contributed by atoms with Gasteiger partial charge < -0.3 is 19.8 Å². The Kier molecular flexibility index (Phi) is 7.14. The fourth-order valence-electron chi connectivity index (χ4n) is 4.43. The molecule has 2 aliphatic heterocycles. The molecule has 1 aromatic rings. The van der Waals surface area contributed by atoms with Crippen molar-refractivity contribution in [2.24, 2.45) is 5.92 Å². The van der Waals surface area contributed by atoms with Crippen molar-refractivity contribution in [3.8, 4) is 0 Å². The second-order valence-corrected chi connectivity index (χ2v) is 8.81. The van der Waals surface area contributed by atoms with E-state index in [9.17, 15) is 19.5 Å². The first kappa shape index (κ1) is 22.7. The Balaban J connectivity index is 1.75. The zero-order valence-electron chi connectivity index (χ0n) is 17.2. The number of rotatable bonds is 4. The summed E-state index contributed by atoms with van der Waals surface area (Å²) >= 11 is 12.2. The van der Waals surface area contributed by atoms with Gasteiger partial charge in [-0.3, -0.25) is 9.59 Å². The fourth-order valence-corrected chi connectivity index (χ4v) is 4.74. The summed E-state index contributed by atoms with van der Waals surface area (Å²) in [4.78, 5) is 41.5. The molecule has 7 nitrogen and oxygen atoms in total. The number of carbonyl (C=O) groups is 3. The first-order chi connectivity index (χ1) is 14.2. The van der Waals surface area contributed by atoms with Gasteiger partial charge in [0.15, 0.2) is 0 Å². The van der Waals surface area contributed by atoms with Gasteiger partial charge in [0.05, 0.1) is 16.1 Å². The van der Waals surface area contributed by atoms with Crippen LogP contribution in [0.5, 0.6) is 0 Å². The van der Waals surface area contributed by atoms with E-state index >= 15 is 0 Å². The molecule has 0 spiro atoms. The molecule has 2 aliphatic rings. The van der Waals surface area contributed by atoms with Gasteiger partial charge in [0, 0.05) is 51.5 Å². The quantitative estimate of drug-likeness (QED) is 0.752. The molecule has 0 aromatic heterocycles. The molecule has 0 bridgehead atoms. The SMILES string of the molecule is CCC(=O)N1CCC(C(=O)N2C[C@H](c3ccc(Cl)c(Cl)c3)[C@@H](N(C)C(=O)O)C2)CC1. The average molecular weight is 456 g/mol. The third-order valence-electron chi connectivity index (χ3n) is 6.27. The van der Waals surface area contributed by atoms with Crippen LogP contribution in [0.1, 0.15) is 37.7 Å². The minimum absolute atomic E-state index is 0.0324. The van der Waals surface area contributed by atoms with Crippen molar-refractivity contribution in [3.63, 3.8) is 0 Å². The number of benzene rings is 1. The highest BCUT2D eigenvalue weighted by atomic mass is 35.5. The number of likely N-dealkylation sites (N-methyl/N-ethyl adjacent to an activating group) is 1. The predicted molar refractivity (Wildman–Crippen MR) is 115 cm³/mol. The standard InChI is InChI=1S/C21H27Cl2N3O4/c1-3-19(27)25-8-6-13(7-9-25)20(28)26-11-15(18(12-26)24(2)21(29)30)14-4-5-16(22)17(23)10-14/h4-5,10,13,15,18H,3,6-9,11-12H2,1-2H3,(H,29,30)/t15-,18+/m1/s1. The summed E-state index contributed by atoms with van der Waals surface area (Å²) in [6, 6.07) is 4.91. The van der Waals surface area contributed by atoms with Gasteiger partial charge in [-0.2, -0.15) is 0 Å². The van der Waals surface area contributed by atoms with Crippen LogP contribution in [0.2, 0.25) is 10.0 Å². The third kappa shape index (κ3) is 4.67. The first-order valence-corrected chi connectivity index (χ1v) is 11.0. The molecule has 2 saturated heterocycles. The van der Waals surface area contributed by atoms with Gasteiger partial charge in [-0.15, -0.1) is 0 Å². The number of hydrogen-bond acceptors (Lipinski definition) is 3. The highest BCUT2D eigenvalue weighted by Crippen LogP contribution is 2.35. The molecule has 3 rings (SSSR count). The van der Waals surface area contributed by atoms with Crippen molar-refractivity contribution < 1.29 is 19.5 Å². The van der Waals surface area contributed by atoms with E-state index in [0.29, 0.717) is 55.5 Å². The number of nitrogens with zero attached hydrogens (tertiary/aromatic N) is 3. The minimum atomic E-state index is -1.04. The molecule has 2 heterocycles. The molecule has 2 atom stereocenters. The Morgan fingerprint density at radius 1 is 1.10 bits per heavy atom. The molecular weight excluding hydrogens is 429 g/mol. The summed E-state index contributed by atoms with van der Waals surface area (Å²) in [6.07, 6.45) is 0.709. The molecule has 2 fully saturated rings. The van der Waals surface area contributed by atoms with Crippen molar-refractivity contribution in [1.82, 2.24) is 14.7 Å². The van der Waals surface area contributed by atoms with E-state index in [4.69, 9.17) is 23.2 Å². The minimum Gasteiger partial charge on any atom is -0.465 e. The van der Waals surface area contributed by atoms with Crippen molar-refractivity contribution in [2.75, 3.05) is 33.2 Å². The largest absolute Gasteiger partial charge is 0.465 e. The fraction of sp³-hybridized carbons (Fsp3) is 0.571. The van der Waals surface area contributed by atoms with Gasteiger partial charge in [0.1, 0.15) is 0 Å². The van der Waals surface area contributed by atoms with E-state index in [0.717, 1.165) is 5.56 Å². The molecule has 0 radical (unpaired) electrons. The van der Waals surface area contributed by atoms with E-state index in [1.807, 2.05) is 17.9 Å². The molecule has 164 valence electrons. The lowest BCUT2D eigenvalue weighted by molar-refractivity contribution is -0.140. The molecule has 9 heteroatoms. The van der Waals surface area contributed by atoms with Crippen LogP contribution in [0.3, 0.4) is 0 Å². The topological polar surface area (TPSA) is 81.2 Å². The van der Waals surface area contributed by atoms with Gasteiger partial charge in [-0.1, -0.05) is 36.2 Å². The van der Waals surface area contributed by atoms with Crippen LogP contribution in [0.4, 0.5) is 4.79 Å². The first-order valence-electron chi connectivity index (χ1n) is 10.2. The highest BCUT2D eigenvalue weighted by Gasteiger charge is 2.42. The van der Waals surface area contributed by atoms with Crippen LogP contribution in [0.15, 0.2) is 18.2 Å². The van der Waals surface area contributed by atoms with Crippen molar-refractivity contribution in [3.05, 3.63) is 33.8 Å². The van der Waals surface area contributed by atoms with E-state index in [1.54, 1.807) is 17.0 Å². The monoisotopic (exact) mass is 455 g/mol. The van der Waals surface area contributed by atoms with Crippen LogP contribution in [0.25, 0.3) is 0 Å². The molecule has 3 amide bonds. The number of carboxylic acid groups (broad SMARTS) is 1. The molecule has 1 N–H and O–H groups in total. The Labute approximate surface area is 186 Å². The van der Waals surface area contributed by atoms with Crippen LogP contribution < -0.4 is 0 Å². The van der Waals surface area contributed by atoms with Gasteiger partial charge in [0.2, 0.25) is 11.8 Å². The maximum atomic E-state index is 13.2.